The van der Waals surface area contributed by atoms with Crippen molar-refractivity contribution in [3.63, 3.8) is 0 Å². The van der Waals surface area contributed by atoms with E-state index in [0.29, 0.717) is 18.2 Å². The van der Waals surface area contributed by atoms with Crippen LogP contribution in [0.15, 0.2) is 0 Å². The van der Waals surface area contributed by atoms with Crippen molar-refractivity contribution in [1.82, 2.24) is 10.2 Å². The molecule has 0 aromatic heterocycles. The molecule has 1 saturated carbocycles. The van der Waals surface area contributed by atoms with E-state index in [4.69, 9.17) is 0 Å². The Labute approximate surface area is 111 Å². The van der Waals surface area contributed by atoms with Gasteiger partial charge in [0.05, 0.1) is 6.54 Å². The summed E-state index contributed by atoms with van der Waals surface area (Å²) in [5, 5.41) is 3.39. The largest absolute Gasteiger partial charge is 0.315 e. The molecule has 3 atom stereocenters. The molecule has 3 unspecified atom stereocenters. The van der Waals surface area contributed by atoms with Crippen LogP contribution in [0.4, 0.5) is 0 Å². The molecule has 0 amide bonds. The minimum absolute atomic E-state index is 0.340. The summed E-state index contributed by atoms with van der Waals surface area (Å²) >= 11 is 0. The second kappa shape index (κ2) is 6.67. The Kier molecular flexibility index (Phi) is 5.19. The standard InChI is InChI=1S/C15H28N2O/c1-12-4-5-14(10-13(12)2)15(18)11-17-8-3-6-16-7-9-17/h12-14,16H,3-11H2,1-2H3. The molecule has 2 aliphatic rings. The van der Waals surface area contributed by atoms with Crippen molar-refractivity contribution >= 4 is 5.78 Å². The number of hydrogen-bond acceptors (Lipinski definition) is 3. The highest BCUT2D eigenvalue weighted by Gasteiger charge is 2.29. The van der Waals surface area contributed by atoms with Gasteiger partial charge in [0.1, 0.15) is 5.78 Å². The summed E-state index contributed by atoms with van der Waals surface area (Å²) in [6.07, 6.45) is 4.65. The van der Waals surface area contributed by atoms with Gasteiger partial charge < -0.3 is 5.32 Å². The van der Waals surface area contributed by atoms with Crippen LogP contribution in [0.5, 0.6) is 0 Å². The second-order valence-corrected chi connectivity index (χ2v) is 6.31. The number of ketones is 1. The normalized spacial score (nSPS) is 35.1. The van der Waals surface area contributed by atoms with Gasteiger partial charge in [-0.2, -0.15) is 0 Å². The minimum atomic E-state index is 0.340. The summed E-state index contributed by atoms with van der Waals surface area (Å²) in [7, 11) is 0. The van der Waals surface area contributed by atoms with Crippen LogP contribution in [-0.4, -0.2) is 43.4 Å². The fourth-order valence-electron chi connectivity index (χ4n) is 3.25. The topological polar surface area (TPSA) is 32.3 Å². The molecule has 0 aromatic carbocycles. The van der Waals surface area contributed by atoms with Gasteiger partial charge in [-0.15, -0.1) is 0 Å². The summed E-state index contributed by atoms with van der Waals surface area (Å²) in [5.41, 5.74) is 0. The van der Waals surface area contributed by atoms with E-state index in [2.05, 4.69) is 24.1 Å². The van der Waals surface area contributed by atoms with Crippen molar-refractivity contribution in [3.8, 4) is 0 Å². The van der Waals surface area contributed by atoms with Gasteiger partial charge in [-0.3, -0.25) is 9.69 Å². The van der Waals surface area contributed by atoms with Crippen molar-refractivity contribution in [3.05, 3.63) is 0 Å². The lowest BCUT2D eigenvalue weighted by Crippen LogP contribution is -2.37. The van der Waals surface area contributed by atoms with Gasteiger partial charge in [0, 0.05) is 19.0 Å². The van der Waals surface area contributed by atoms with Crippen molar-refractivity contribution in [2.45, 2.75) is 39.5 Å². The van der Waals surface area contributed by atoms with Crippen LogP contribution in [0.2, 0.25) is 0 Å². The van der Waals surface area contributed by atoms with E-state index >= 15 is 0 Å². The van der Waals surface area contributed by atoms with E-state index < -0.39 is 0 Å². The lowest BCUT2D eigenvalue weighted by Gasteiger charge is -2.32. The fraction of sp³-hybridized carbons (Fsp3) is 0.933. The summed E-state index contributed by atoms with van der Waals surface area (Å²) in [6, 6.07) is 0. The maximum Gasteiger partial charge on any atom is 0.149 e. The molecule has 2 rings (SSSR count). The van der Waals surface area contributed by atoms with Gasteiger partial charge in [-0.25, -0.2) is 0 Å². The molecule has 1 N–H and O–H groups in total. The highest BCUT2D eigenvalue weighted by molar-refractivity contribution is 5.83. The Morgan fingerprint density at radius 3 is 2.78 bits per heavy atom. The third-order valence-corrected chi connectivity index (χ3v) is 4.87. The zero-order valence-electron chi connectivity index (χ0n) is 12.0. The molecule has 0 spiro atoms. The molecule has 0 radical (unpaired) electrons. The predicted molar refractivity (Wildman–Crippen MR) is 74.6 cm³/mol. The van der Waals surface area contributed by atoms with E-state index in [9.17, 15) is 4.79 Å². The van der Waals surface area contributed by atoms with Gasteiger partial charge in [0.2, 0.25) is 0 Å². The third kappa shape index (κ3) is 3.79. The lowest BCUT2D eigenvalue weighted by atomic mass is 9.74. The Hall–Kier alpha value is -0.410. The monoisotopic (exact) mass is 252 g/mol. The van der Waals surface area contributed by atoms with Crippen LogP contribution < -0.4 is 5.32 Å². The summed E-state index contributed by atoms with van der Waals surface area (Å²) < 4.78 is 0. The number of nitrogens with zero attached hydrogens (tertiary/aromatic N) is 1. The molecule has 18 heavy (non-hydrogen) atoms. The van der Waals surface area contributed by atoms with Gasteiger partial charge >= 0.3 is 0 Å². The van der Waals surface area contributed by atoms with Gasteiger partial charge in [0.25, 0.3) is 0 Å². The minimum Gasteiger partial charge on any atom is -0.315 e. The van der Waals surface area contributed by atoms with Crippen LogP contribution >= 0.6 is 0 Å². The maximum absolute atomic E-state index is 12.4. The molecule has 1 aliphatic carbocycles. The van der Waals surface area contributed by atoms with Crippen LogP contribution in [0, 0.1) is 17.8 Å². The number of carbonyl (C=O) groups excluding carboxylic acids is 1. The van der Waals surface area contributed by atoms with E-state index in [0.717, 1.165) is 50.9 Å². The smallest absolute Gasteiger partial charge is 0.149 e. The first kappa shape index (κ1) is 14.0. The highest BCUT2D eigenvalue weighted by Crippen LogP contribution is 2.33. The van der Waals surface area contributed by atoms with Gasteiger partial charge in [-0.05, 0) is 50.6 Å². The average molecular weight is 252 g/mol. The zero-order valence-corrected chi connectivity index (χ0v) is 12.0. The van der Waals surface area contributed by atoms with Crippen LogP contribution in [0.1, 0.15) is 39.5 Å². The number of hydrogen-bond donors (Lipinski definition) is 1. The number of rotatable bonds is 3. The van der Waals surface area contributed by atoms with E-state index in [1.807, 2.05) is 0 Å². The number of Topliss-reactive ketones (excluding diaryl/α,β-unsaturated/α-hetero) is 1. The van der Waals surface area contributed by atoms with Crippen molar-refractivity contribution in [2.24, 2.45) is 17.8 Å². The quantitative estimate of drug-likeness (QED) is 0.833. The van der Waals surface area contributed by atoms with Crippen LogP contribution in [0.3, 0.4) is 0 Å². The molecular weight excluding hydrogens is 224 g/mol. The molecule has 3 heteroatoms. The first-order valence-electron chi connectivity index (χ1n) is 7.62. The van der Waals surface area contributed by atoms with Crippen LogP contribution in [-0.2, 0) is 4.79 Å². The Morgan fingerprint density at radius 2 is 2.00 bits per heavy atom. The molecule has 2 fully saturated rings. The summed E-state index contributed by atoms with van der Waals surface area (Å²) in [6.45, 7) is 9.56. The fourth-order valence-corrected chi connectivity index (χ4v) is 3.25. The number of nitrogens with one attached hydrogen (secondary N) is 1. The summed E-state index contributed by atoms with van der Waals surface area (Å²) in [5.74, 6) is 2.36. The average Bonchev–Trinajstić information content (AvgIpc) is 2.61. The molecule has 0 aromatic rings. The zero-order chi connectivity index (χ0) is 13.0. The molecule has 104 valence electrons. The van der Waals surface area contributed by atoms with Crippen LogP contribution in [0.25, 0.3) is 0 Å². The van der Waals surface area contributed by atoms with Gasteiger partial charge in [0.15, 0.2) is 0 Å². The first-order valence-corrected chi connectivity index (χ1v) is 7.62. The van der Waals surface area contributed by atoms with Crippen molar-refractivity contribution < 1.29 is 4.79 Å². The maximum atomic E-state index is 12.4. The highest BCUT2D eigenvalue weighted by atomic mass is 16.1. The molecule has 1 saturated heterocycles. The lowest BCUT2D eigenvalue weighted by molar-refractivity contribution is -0.125. The first-order chi connectivity index (χ1) is 8.66. The van der Waals surface area contributed by atoms with Gasteiger partial charge in [-0.1, -0.05) is 13.8 Å². The van der Waals surface area contributed by atoms with E-state index in [1.54, 1.807) is 0 Å². The number of carbonyl (C=O) groups is 1. The summed E-state index contributed by atoms with van der Waals surface area (Å²) in [4.78, 5) is 14.7. The van der Waals surface area contributed by atoms with E-state index in [1.165, 1.54) is 12.8 Å². The molecule has 3 nitrogen and oxygen atoms in total. The Balaban J connectivity index is 1.80. The third-order valence-electron chi connectivity index (χ3n) is 4.87. The molecule has 0 bridgehead atoms. The molecular formula is C15H28N2O. The van der Waals surface area contributed by atoms with E-state index in [-0.39, 0.29) is 0 Å². The second-order valence-electron chi connectivity index (χ2n) is 6.31. The van der Waals surface area contributed by atoms with Crippen molar-refractivity contribution in [2.75, 3.05) is 32.7 Å². The Morgan fingerprint density at radius 1 is 1.17 bits per heavy atom. The van der Waals surface area contributed by atoms with Crippen molar-refractivity contribution in [1.29, 1.82) is 0 Å². The molecule has 1 aliphatic heterocycles. The Bertz CT molecular complexity index is 272. The SMILES string of the molecule is CC1CCC(C(=O)CN2CCCNCC2)CC1C. The predicted octanol–water partition coefficient (Wildman–Crippen LogP) is 1.92. The molecule has 1 heterocycles.